The molecule has 1 aromatic heterocycles. The topological polar surface area (TPSA) is 68.8 Å². The van der Waals surface area contributed by atoms with Crippen molar-refractivity contribution in [3.05, 3.63) is 71.4 Å². The average Bonchev–Trinajstić information content (AvgIpc) is 3.31. The highest BCUT2D eigenvalue weighted by Crippen LogP contribution is 2.23. The van der Waals surface area contributed by atoms with Crippen molar-refractivity contribution in [3.63, 3.8) is 0 Å². The number of rotatable bonds is 15. The van der Waals surface area contributed by atoms with E-state index in [0.29, 0.717) is 19.6 Å². The van der Waals surface area contributed by atoms with E-state index in [1.807, 2.05) is 24.8 Å². The molecule has 0 fully saturated rings. The SMILES string of the molecule is CCCCN(CC(=O)N(CCc1c[nH]c2ccccc12)Cc1ccc(C(C)(C)C)cc1)CC(O)COC(C)C. The van der Waals surface area contributed by atoms with E-state index in [0.717, 1.165) is 36.9 Å². The summed E-state index contributed by atoms with van der Waals surface area (Å²) in [4.78, 5) is 21.2. The molecule has 214 valence electrons. The van der Waals surface area contributed by atoms with Crippen LogP contribution in [0.3, 0.4) is 0 Å². The number of fused-ring (bicyclic) bond motifs is 1. The second kappa shape index (κ2) is 14.6. The molecular weight excluding hydrogens is 486 g/mol. The van der Waals surface area contributed by atoms with Crippen molar-refractivity contribution in [3.8, 4) is 0 Å². The van der Waals surface area contributed by atoms with Gasteiger partial charge in [-0.2, -0.15) is 0 Å². The van der Waals surface area contributed by atoms with E-state index >= 15 is 0 Å². The van der Waals surface area contributed by atoms with Gasteiger partial charge in [-0.05, 0) is 61.4 Å². The number of H-pyrrole nitrogens is 1. The third kappa shape index (κ3) is 9.79. The average molecular weight is 536 g/mol. The van der Waals surface area contributed by atoms with Crippen LogP contribution in [0, 0.1) is 0 Å². The molecule has 0 aliphatic rings. The summed E-state index contributed by atoms with van der Waals surface area (Å²) in [6.07, 6.45) is 4.29. The summed E-state index contributed by atoms with van der Waals surface area (Å²) in [7, 11) is 0. The number of aliphatic hydroxyl groups is 1. The van der Waals surface area contributed by atoms with Crippen molar-refractivity contribution in [2.24, 2.45) is 0 Å². The number of nitrogens with zero attached hydrogens (tertiary/aromatic N) is 2. The van der Waals surface area contributed by atoms with Gasteiger partial charge in [-0.15, -0.1) is 0 Å². The number of ether oxygens (including phenoxy) is 1. The van der Waals surface area contributed by atoms with Crippen LogP contribution in [0.15, 0.2) is 54.7 Å². The first-order valence-electron chi connectivity index (χ1n) is 14.5. The molecule has 2 N–H and O–H groups in total. The number of unbranched alkanes of at least 4 members (excludes halogenated alkanes) is 1. The zero-order valence-corrected chi connectivity index (χ0v) is 24.9. The van der Waals surface area contributed by atoms with Crippen LogP contribution in [-0.4, -0.2) is 70.8 Å². The predicted octanol–water partition coefficient (Wildman–Crippen LogP) is 5.92. The van der Waals surface area contributed by atoms with E-state index < -0.39 is 6.10 Å². The fourth-order valence-corrected chi connectivity index (χ4v) is 4.78. The molecule has 2 aromatic carbocycles. The highest BCUT2D eigenvalue weighted by Gasteiger charge is 2.21. The zero-order chi connectivity index (χ0) is 28.4. The highest BCUT2D eigenvalue weighted by atomic mass is 16.5. The number of carbonyl (C=O) groups excluding carboxylic acids is 1. The Bertz CT molecular complexity index is 1150. The number of amides is 1. The van der Waals surface area contributed by atoms with Crippen molar-refractivity contribution in [2.45, 2.75) is 85.0 Å². The third-order valence-electron chi connectivity index (χ3n) is 7.15. The summed E-state index contributed by atoms with van der Waals surface area (Å²) in [6, 6.07) is 16.9. The molecule has 1 atom stereocenters. The van der Waals surface area contributed by atoms with E-state index in [-0.39, 0.29) is 30.6 Å². The second-order valence-corrected chi connectivity index (χ2v) is 12.0. The van der Waals surface area contributed by atoms with Gasteiger partial charge in [-0.25, -0.2) is 0 Å². The lowest BCUT2D eigenvalue weighted by atomic mass is 9.87. The van der Waals surface area contributed by atoms with Crippen molar-refractivity contribution in [1.82, 2.24) is 14.8 Å². The van der Waals surface area contributed by atoms with Gasteiger partial charge in [-0.3, -0.25) is 9.69 Å². The summed E-state index contributed by atoms with van der Waals surface area (Å²) in [5.74, 6) is 0.0859. The lowest BCUT2D eigenvalue weighted by molar-refractivity contribution is -0.133. The number of aromatic nitrogens is 1. The maximum Gasteiger partial charge on any atom is 0.237 e. The van der Waals surface area contributed by atoms with Crippen LogP contribution in [-0.2, 0) is 27.9 Å². The standard InChI is InChI=1S/C33H49N3O3/c1-7-8-18-35(22-29(37)24-39-25(2)3)23-32(38)36(21-26-13-15-28(16-14-26)33(4,5)6)19-17-27-20-34-31-12-10-9-11-30(27)31/h9-16,20,25,29,34,37H,7-8,17-19,21-24H2,1-6H3. The van der Waals surface area contributed by atoms with Gasteiger partial charge in [0, 0.05) is 36.7 Å². The number of aromatic amines is 1. The van der Waals surface area contributed by atoms with Crippen LogP contribution in [0.1, 0.15) is 71.1 Å². The van der Waals surface area contributed by atoms with Gasteiger partial charge in [0.25, 0.3) is 0 Å². The summed E-state index contributed by atoms with van der Waals surface area (Å²) < 4.78 is 5.61. The van der Waals surface area contributed by atoms with Gasteiger partial charge < -0.3 is 19.7 Å². The minimum absolute atomic E-state index is 0.0649. The number of aliphatic hydroxyl groups excluding tert-OH is 1. The summed E-state index contributed by atoms with van der Waals surface area (Å²) in [5.41, 5.74) is 4.83. The van der Waals surface area contributed by atoms with E-state index in [1.54, 1.807) is 0 Å². The van der Waals surface area contributed by atoms with Crippen LogP contribution >= 0.6 is 0 Å². The van der Waals surface area contributed by atoms with Crippen molar-refractivity contribution < 1.29 is 14.6 Å². The largest absolute Gasteiger partial charge is 0.389 e. The van der Waals surface area contributed by atoms with E-state index in [2.05, 4.69) is 86.2 Å². The van der Waals surface area contributed by atoms with Gasteiger partial charge in [0.15, 0.2) is 0 Å². The fraction of sp³-hybridized carbons (Fsp3) is 0.545. The smallest absolute Gasteiger partial charge is 0.237 e. The Morgan fingerprint density at radius 2 is 1.77 bits per heavy atom. The van der Waals surface area contributed by atoms with Crippen LogP contribution in [0.4, 0.5) is 0 Å². The van der Waals surface area contributed by atoms with Gasteiger partial charge in [0.05, 0.1) is 25.4 Å². The summed E-state index contributed by atoms with van der Waals surface area (Å²) in [5, 5.41) is 11.8. The quantitative estimate of drug-likeness (QED) is 0.253. The molecule has 0 radical (unpaired) electrons. The minimum Gasteiger partial charge on any atom is -0.389 e. The van der Waals surface area contributed by atoms with Crippen LogP contribution < -0.4 is 0 Å². The highest BCUT2D eigenvalue weighted by molar-refractivity contribution is 5.83. The fourth-order valence-electron chi connectivity index (χ4n) is 4.78. The van der Waals surface area contributed by atoms with Gasteiger partial charge >= 0.3 is 0 Å². The Labute approximate surface area is 235 Å². The number of nitrogens with one attached hydrogen (secondary N) is 1. The number of benzene rings is 2. The molecule has 6 heteroatoms. The molecule has 0 saturated carbocycles. The maximum atomic E-state index is 13.8. The molecule has 39 heavy (non-hydrogen) atoms. The number of carbonyl (C=O) groups is 1. The molecule has 0 saturated heterocycles. The first-order valence-corrected chi connectivity index (χ1v) is 14.5. The van der Waals surface area contributed by atoms with Crippen molar-refractivity contribution in [1.29, 1.82) is 0 Å². The zero-order valence-electron chi connectivity index (χ0n) is 24.9. The molecular formula is C33H49N3O3. The molecule has 1 amide bonds. The van der Waals surface area contributed by atoms with E-state index in [4.69, 9.17) is 4.74 Å². The summed E-state index contributed by atoms with van der Waals surface area (Å²) in [6.45, 7) is 15.7. The first kappa shape index (κ1) is 30.9. The van der Waals surface area contributed by atoms with Gasteiger partial charge in [0.2, 0.25) is 5.91 Å². The molecule has 0 spiro atoms. The van der Waals surface area contributed by atoms with E-state index in [9.17, 15) is 9.90 Å². The van der Waals surface area contributed by atoms with Gasteiger partial charge in [0.1, 0.15) is 0 Å². The molecule has 0 aliphatic carbocycles. The van der Waals surface area contributed by atoms with Crippen molar-refractivity contribution >= 4 is 16.8 Å². The number of para-hydroxylation sites is 1. The molecule has 1 unspecified atom stereocenters. The minimum atomic E-state index is -0.623. The Morgan fingerprint density at radius 1 is 1.05 bits per heavy atom. The van der Waals surface area contributed by atoms with Crippen LogP contribution in [0.5, 0.6) is 0 Å². The number of hydrogen-bond donors (Lipinski definition) is 2. The van der Waals surface area contributed by atoms with Gasteiger partial charge in [-0.1, -0.05) is 76.6 Å². The predicted molar refractivity (Wildman–Crippen MR) is 161 cm³/mol. The molecule has 0 aliphatic heterocycles. The lowest BCUT2D eigenvalue weighted by Crippen LogP contribution is -2.44. The van der Waals surface area contributed by atoms with Crippen LogP contribution in [0.25, 0.3) is 10.9 Å². The lowest BCUT2D eigenvalue weighted by Gasteiger charge is -2.29. The van der Waals surface area contributed by atoms with E-state index in [1.165, 1.54) is 16.5 Å². The molecule has 3 aromatic rings. The Balaban J connectivity index is 1.75. The Kier molecular flexibility index (Phi) is 11.6. The Morgan fingerprint density at radius 3 is 2.44 bits per heavy atom. The molecule has 0 bridgehead atoms. The van der Waals surface area contributed by atoms with Crippen molar-refractivity contribution in [2.75, 3.05) is 32.8 Å². The maximum absolute atomic E-state index is 13.8. The third-order valence-corrected chi connectivity index (χ3v) is 7.15. The normalized spacial score (nSPS) is 12.9. The first-order chi connectivity index (χ1) is 18.6. The van der Waals surface area contributed by atoms with Crippen LogP contribution in [0.2, 0.25) is 0 Å². The monoisotopic (exact) mass is 535 g/mol. The summed E-state index contributed by atoms with van der Waals surface area (Å²) >= 11 is 0. The second-order valence-electron chi connectivity index (χ2n) is 12.0. The molecule has 1 heterocycles. The molecule has 6 nitrogen and oxygen atoms in total. The Hall–Kier alpha value is -2.67. The number of hydrogen-bond acceptors (Lipinski definition) is 4. The molecule has 3 rings (SSSR count).